The molecule has 15 heavy (non-hydrogen) atoms. The van der Waals surface area contributed by atoms with Crippen LogP contribution >= 0.6 is 0 Å². The first-order chi connectivity index (χ1) is 7.33. The van der Waals surface area contributed by atoms with Crippen LogP contribution in [0, 0.1) is 5.92 Å². The molecule has 3 heteroatoms. The van der Waals surface area contributed by atoms with E-state index in [1.165, 1.54) is 19.4 Å². The van der Waals surface area contributed by atoms with Crippen LogP contribution in [0.4, 0.5) is 0 Å². The van der Waals surface area contributed by atoms with Crippen molar-refractivity contribution in [3.63, 3.8) is 0 Å². The molecule has 1 fully saturated rings. The Morgan fingerprint density at radius 2 is 2.20 bits per heavy atom. The quantitative estimate of drug-likeness (QED) is 0.505. The summed E-state index contributed by atoms with van der Waals surface area (Å²) in [7, 11) is 2.20. The minimum Gasteiger partial charge on any atom is -0.381 e. The molecule has 0 unspecified atom stereocenters. The average molecular weight is 212 g/mol. The van der Waals surface area contributed by atoms with E-state index in [0.29, 0.717) is 0 Å². The van der Waals surface area contributed by atoms with Crippen LogP contribution in [-0.2, 0) is 4.74 Å². The lowest BCUT2D eigenvalue weighted by Gasteiger charge is -2.27. The van der Waals surface area contributed by atoms with Crippen molar-refractivity contribution in [3.8, 4) is 0 Å². The van der Waals surface area contributed by atoms with Crippen LogP contribution in [-0.4, -0.2) is 51.3 Å². The SMILES string of the molecule is C=CCNCCN(C)CC1CCOCC1. The van der Waals surface area contributed by atoms with E-state index < -0.39 is 0 Å². The van der Waals surface area contributed by atoms with E-state index in [1.807, 2.05) is 6.08 Å². The van der Waals surface area contributed by atoms with E-state index in [-0.39, 0.29) is 0 Å². The predicted octanol–water partition coefficient (Wildman–Crippen LogP) is 1.12. The van der Waals surface area contributed by atoms with Gasteiger partial charge >= 0.3 is 0 Å². The molecule has 3 nitrogen and oxygen atoms in total. The summed E-state index contributed by atoms with van der Waals surface area (Å²) in [6.45, 7) is 9.86. The van der Waals surface area contributed by atoms with Crippen LogP contribution in [0.2, 0.25) is 0 Å². The van der Waals surface area contributed by atoms with Crippen LogP contribution in [0.5, 0.6) is 0 Å². The molecule has 0 aromatic heterocycles. The predicted molar refractivity (Wildman–Crippen MR) is 64.1 cm³/mol. The fourth-order valence-electron chi connectivity index (χ4n) is 1.94. The molecule has 0 radical (unpaired) electrons. The highest BCUT2D eigenvalue weighted by molar-refractivity contribution is 4.71. The molecule has 0 saturated carbocycles. The number of hydrogen-bond acceptors (Lipinski definition) is 3. The topological polar surface area (TPSA) is 24.5 Å². The molecule has 1 rings (SSSR count). The summed E-state index contributed by atoms with van der Waals surface area (Å²) < 4.78 is 5.35. The zero-order valence-corrected chi connectivity index (χ0v) is 9.87. The maximum atomic E-state index is 5.35. The van der Waals surface area contributed by atoms with Crippen LogP contribution < -0.4 is 5.32 Å². The molecular weight excluding hydrogens is 188 g/mol. The van der Waals surface area contributed by atoms with Gasteiger partial charge in [0, 0.05) is 39.4 Å². The lowest BCUT2D eigenvalue weighted by Crippen LogP contribution is -2.34. The highest BCUT2D eigenvalue weighted by Gasteiger charge is 2.15. The van der Waals surface area contributed by atoms with Crippen molar-refractivity contribution in [1.29, 1.82) is 0 Å². The van der Waals surface area contributed by atoms with E-state index in [2.05, 4.69) is 23.8 Å². The zero-order valence-electron chi connectivity index (χ0n) is 9.87. The number of nitrogens with zero attached hydrogens (tertiary/aromatic N) is 1. The number of rotatable bonds is 7. The highest BCUT2D eigenvalue weighted by Crippen LogP contribution is 2.15. The molecule has 1 heterocycles. The molecule has 1 saturated heterocycles. The second-order valence-electron chi connectivity index (χ2n) is 4.31. The van der Waals surface area contributed by atoms with Crippen LogP contribution in [0.25, 0.3) is 0 Å². The fraction of sp³-hybridized carbons (Fsp3) is 0.833. The van der Waals surface area contributed by atoms with E-state index in [1.54, 1.807) is 0 Å². The third kappa shape index (κ3) is 5.92. The Morgan fingerprint density at radius 1 is 1.47 bits per heavy atom. The Balaban J connectivity index is 2.01. The Kier molecular flexibility index (Phi) is 6.64. The molecule has 0 aromatic carbocycles. The number of hydrogen-bond donors (Lipinski definition) is 1. The molecule has 88 valence electrons. The molecule has 1 aliphatic rings. The molecule has 1 N–H and O–H groups in total. The first kappa shape index (κ1) is 12.7. The van der Waals surface area contributed by atoms with Crippen LogP contribution in [0.1, 0.15) is 12.8 Å². The Hall–Kier alpha value is -0.380. The van der Waals surface area contributed by atoms with Crippen molar-refractivity contribution in [2.75, 3.05) is 46.4 Å². The van der Waals surface area contributed by atoms with Gasteiger partial charge in [0.15, 0.2) is 0 Å². The van der Waals surface area contributed by atoms with Gasteiger partial charge in [0.2, 0.25) is 0 Å². The summed E-state index contributed by atoms with van der Waals surface area (Å²) in [5.74, 6) is 0.836. The molecule has 0 aromatic rings. The number of ether oxygens (including phenoxy) is 1. The normalized spacial score (nSPS) is 18.3. The Bertz CT molecular complexity index is 167. The van der Waals surface area contributed by atoms with E-state index in [9.17, 15) is 0 Å². The summed E-state index contributed by atoms with van der Waals surface area (Å²) in [5.41, 5.74) is 0. The van der Waals surface area contributed by atoms with Gasteiger partial charge in [-0.25, -0.2) is 0 Å². The average Bonchev–Trinajstić information content (AvgIpc) is 2.26. The van der Waals surface area contributed by atoms with Gasteiger partial charge in [0.1, 0.15) is 0 Å². The number of nitrogens with one attached hydrogen (secondary N) is 1. The molecule has 0 spiro atoms. The van der Waals surface area contributed by atoms with Gasteiger partial charge in [-0.3, -0.25) is 0 Å². The number of likely N-dealkylation sites (N-methyl/N-ethyl adjacent to an activating group) is 1. The van der Waals surface area contributed by atoms with Gasteiger partial charge in [-0.15, -0.1) is 6.58 Å². The maximum absolute atomic E-state index is 5.35. The monoisotopic (exact) mass is 212 g/mol. The summed E-state index contributed by atoms with van der Waals surface area (Å²) in [6, 6.07) is 0. The van der Waals surface area contributed by atoms with E-state index in [4.69, 9.17) is 4.74 Å². The van der Waals surface area contributed by atoms with Gasteiger partial charge in [-0.2, -0.15) is 0 Å². The Morgan fingerprint density at radius 3 is 2.87 bits per heavy atom. The molecule has 0 amide bonds. The summed E-state index contributed by atoms with van der Waals surface area (Å²) in [5, 5.41) is 3.32. The zero-order chi connectivity index (χ0) is 10.9. The van der Waals surface area contributed by atoms with Crippen molar-refractivity contribution in [2.45, 2.75) is 12.8 Å². The standard InChI is InChI=1S/C12H24N2O/c1-3-6-13-7-8-14(2)11-12-4-9-15-10-5-12/h3,12-13H,1,4-11H2,2H3. The van der Waals surface area contributed by atoms with Crippen molar-refractivity contribution >= 4 is 0 Å². The fourth-order valence-corrected chi connectivity index (χ4v) is 1.94. The maximum Gasteiger partial charge on any atom is 0.0469 e. The van der Waals surface area contributed by atoms with E-state index in [0.717, 1.165) is 38.8 Å². The third-order valence-electron chi connectivity index (χ3n) is 2.87. The Labute approximate surface area is 93.5 Å². The molecule has 0 atom stereocenters. The van der Waals surface area contributed by atoms with Gasteiger partial charge < -0.3 is 15.0 Å². The first-order valence-corrected chi connectivity index (χ1v) is 5.91. The van der Waals surface area contributed by atoms with Gasteiger partial charge in [-0.05, 0) is 25.8 Å². The van der Waals surface area contributed by atoms with Crippen LogP contribution in [0.3, 0.4) is 0 Å². The second-order valence-corrected chi connectivity index (χ2v) is 4.31. The molecule has 1 aliphatic heterocycles. The van der Waals surface area contributed by atoms with Crippen molar-refractivity contribution in [3.05, 3.63) is 12.7 Å². The van der Waals surface area contributed by atoms with Crippen molar-refractivity contribution in [1.82, 2.24) is 10.2 Å². The van der Waals surface area contributed by atoms with Gasteiger partial charge in [0.25, 0.3) is 0 Å². The smallest absolute Gasteiger partial charge is 0.0469 e. The minimum absolute atomic E-state index is 0.836. The lowest BCUT2D eigenvalue weighted by atomic mass is 10.00. The summed E-state index contributed by atoms with van der Waals surface area (Å²) in [4.78, 5) is 2.41. The van der Waals surface area contributed by atoms with Crippen LogP contribution in [0.15, 0.2) is 12.7 Å². The molecule has 0 bridgehead atoms. The third-order valence-corrected chi connectivity index (χ3v) is 2.87. The first-order valence-electron chi connectivity index (χ1n) is 5.91. The highest BCUT2D eigenvalue weighted by atomic mass is 16.5. The lowest BCUT2D eigenvalue weighted by molar-refractivity contribution is 0.0559. The molecule has 0 aliphatic carbocycles. The molecular formula is C12H24N2O. The second kappa shape index (κ2) is 7.85. The van der Waals surface area contributed by atoms with E-state index >= 15 is 0 Å². The summed E-state index contributed by atoms with van der Waals surface area (Å²) >= 11 is 0. The van der Waals surface area contributed by atoms with Crippen molar-refractivity contribution in [2.24, 2.45) is 5.92 Å². The summed E-state index contributed by atoms with van der Waals surface area (Å²) in [6.07, 6.45) is 4.35. The van der Waals surface area contributed by atoms with Gasteiger partial charge in [-0.1, -0.05) is 6.08 Å². The minimum atomic E-state index is 0.836. The van der Waals surface area contributed by atoms with Crippen molar-refractivity contribution < 1.29 is 4.74 Å². The van der Waals surface area contributed by atoms with Gasteiger partial charge in [0.05, 0.1) is 0 Å². The largest absolute Gasteiger partial charge is 0.381 e.